The lowest BCUT2D eigenvalue weighted by atomic mass is 10.0. The van der Waals surface area contributed by atoms with E-state index in [0.717, 1.165) is 22.3 Å². The number of carbonyl (C=O) groups excluding carboxylic acids is 1. The average Bonchev–Trinajstić information content (AvgIpc) is 3.04. The highest BCUT2D eigenvalue weighted by Crippen LogP contribution is 2.37. The summed E-state index contributed by atoms with van der Waals surface area (Å²) in [6.07, 6.45) is 0. The number of para-hydroxylation sites is 2. The molecule has 0 aliphatic carbocycles. The highest BCUT2D eigenvalue weighted by molar-refractivity contribution is 6.10. The van der Waals surface area contributed by atoms with Crippen LogP contribution in [0.1, 0.15) is 15.9 Å². The van der Waals surface area contributed by atoms with Crippen molar-refractivity contribution in [3.63, 3.8) is 0 Å². The van der Waals surface area contributed by atoms with Crippen LogP contribution in [-0.2, 0) is 0 Å². The Morgan fingerprint density at radius 1 is 0.429 bits per heavy atom. The molecule has 4 N–H and O–H groups in total. The normalized spacial score (nSPS) is 10.7. The van der Waals surface area contributed by atoms with Gasteiger partial charge in [0.2, 0.25) is 0 Å². The zero-order valence-corrected chi connectivity index (χ0v) is 22.7. The van der Waals surface area contributed by atoms with Crippen LogP contribution in [0, 0.1) is 0 Å². The maximum absolute atomic E-state index is 13.4. The molecular formula is C37H28N2O3. The van der Waals surface area contributed by atoms with Gasteiger partial charge in [-0.3, -0.25) is 4.79 Å². The third kappa shape index (κ3) is 5.58. The van der Waals surface area contributed by atoms with Crippen molar-refractivity contribution in [3.8, 4) is 45.3 Å². The molecule has 6 rings (SSSR count). The number of ether oxygens (including phenoxy) is 2. The first kappa shape index (κ1) is 26.4. The van der Waals surface area contributed by atoms with Gasteiger partial charge < -0.3 is 20.9 Å². The molecular weight excluding hydrogens is 520 g/mol. The van der Waals surface area contributed by atoms with Crippen LogP contribution in [0.2, 0.25) is 0 Å². The topological polar surface area (TPSA) is 87.6 Å². The van der Waals surface area contributed by atoms with E-state index < -0.39 is 0 Å². The Labute approximate surface area is 244 Å². The van der Waals surface area contributed by atoms with Crippen molar-refractivity contribution in [3.05, 3.63) is 157 Å². The molecule has 6 aromatic carbocycles. The molecule has 0 atom stereocenters. The zero-order valence-electron chi connectivity index (χ0n) is 22.7. The van der Waals surface area contributed by atoms with Gasteiger partial charge >= 0.3 is 0 Å². The molecule has 0 bridgehead atoms. The number of hydrogen-bond acceptors (Lipinski definition) is 5. The van der Waals surface area contributed by atoms with Gasteiger partial charge in [0.05, 0.1) is 11.4 Å². The standard InChI is InChI=1S/C37H28N2O3/c38-31-23-27(19-21-35(31)41-33-17-9-7-15-29(33)25-11-3-1-4-12-25)37(40)28-20-22-36(32(39)24-28)42-34-18-10-8-16-30(34)26-13-5-2-6-14-26/h1-24H,38-39H2. The number of carbonyl (C=O) groups is 1. The fourth-order valence-electron chi connectivity index (χ4n) is 4.79. The van der Waals surface area contributed by atoms with Crippen molar-refractivity contribution in [1.29, 1.82) is 0 Å². The van der Waals surface area contributed by atoms with Gasteiger partial charge in [0.1, 0.15) is 23.0 Å². The highest BCUT2D eigenvalue weighted by atomic mass is 16.5. The molecule has 5 heteroatoms. The smallest absolute Gasteiger partial charge is 0.193 e. The van der Waals surface area contributed by atoms with Crippen LogP contribution < -0.4 is 20.9 Å². The largest absolute Gasteiger partial charge is 0.455 e. The van der Waals surface area contributed by atoms with E-state index in [4.69, 9.17) is 20.9 Å². The van der Waals surface area contributed by atoms with E-state index in [9.17, 15) is 4.79 Å². The molecule has 0 spiro atoms. The molecule has 0 aromatic heterocycles. The first-order chi connectivity index (χ1) is 20.6. The molecule has 0 saturated carbocycles. The molecule has 0 aliphatic heterocycles. The van der Waals surface area contributed by atoms with Crippen molar-refractivity contribution in [2.75, 3.05) is 11.5 Å². The lowest BCUT2D eigenvalue weighted by Crippen LogP contribution is -2.04. The predicted octanol–water partition coefficient (Wildman–Crippen LogP) is 9.00. The minimum Gasteiger partial charge on any atom is -0.455 e. The highest BCUT2D eigenvalue weighted by Gasteiger charge is 2.16. The number of benzene rings is 6. The van der Waals surface area contributed by atoms with Gasteiger partial charge in [0.15, 0.2) is 5.78 Å². The van der Waals surface area contributed by atoms with Gasteiger partial charge in [-0.05, 0) is 59.7 Å². The summed E-state index contributed by atoms with van der Waals surface area (Å²) < 4.78 is 12.4. The van der Waals surface area contributed by atoms with Crippen molar-refractivity contribution < 1.29 is 14.3 Å². The average molecular weight is 549 g/mol. The van der Waals surface area contributed by atoms with Crippen LogP contribution >= 0.6 is 0 Å². The van der Waals surface area contributed by atoms with Crippen LogP contribution in [0.5, 0.6) is 23.0 Å². The minimum absolute atomic E-state index is 0.208. The van der Waals surface area contributed by atoms with E-state index in [0.29, 0.717) is 45.5 Å². The zero-order chi connectivity index (χ0) is 28.9. The Balaban J connectivity index is 1.21. The maximum atomic E-state index is 13.4. The SMILES string of the molecule is Nc1cc(C(=O)c2ccc(Oc3ccccc3-c3ccccc3)c(N)c2)ccc1Oc1ccccc1-c1ccccc1. The van der Waals surface area contributed by atoms with Crippen molar-refractivity contribution in [2.45, 2.75) is 0 Å². The molecule has 0 aliphatic rings. The summed E-state index contributed by atoms with van der Waals surface area (Å²) in [5, 5.41) is 0. The van der Waals surface area contributed by atoms with Crippen LogP contribution in [0.25, 0.3) is 22.3 Å². The van der Waals surface area contributed by atoms with Crippen molar-refractivity contribution >= 4 is 17.2 Å². The van der Waals surface area contributed by atoms with Crippen LogP contribution in [0.15, 0.2) is 146 Å². The van der Waals surface area contributed by atoms with Gasteiger partial charge in [-0.15, -0.1) is 0 Å². The minimum atomic E-state index is -0.208. The van der Waals surface area contributed by atoms with Crippen LogP contribution in [0.3, 0.4) is 0 Å². The summed E-state index contributed by atoms with van der Waals surface area (Å²) in [6.45, 7) is 0. The summed E-state index contributed by atoms with van der Waals surface area (Å²) in [5.41, 5.74) is 18.2. The molecule has 0 saturated heterocycles. The first-order valence-corrected chi connectivity index (χ1v) is 13.6. The van der Waals surface area contributed by atoms with Gasteiger partial charge in [-0.25, -0.2) is 0 Å². The summed E-state index contributed by atoms with van der Waals surface area (Å²) in [7, 11) is 0. The molecule has 0 radical (unpaired) electrons. The second-order valence-corrected chi connectivity index (χ2v) is 9.76. The Kier molecular flexibility index (Phi) is 7.38. The van der Waals surface area contributed by atoms with Gasteiger partial charge in [-0.2, -0.15) is 0 Å². The van der Waals surface area contributed by atoms with Crippen LogP contribution in [-0.4, -0.2) is 5.78 Å². The summed E-state index contributed by atoms with van der Waals surface area (Å²) in [5.74, 6) is 2.07. The number of rotatable bonds is 8. The van der Waals surface area contributed by atoms with E-state index in [1.807, 2.05) is 109 Å². The second kappa shape index (κ2) is 11.7. The molecule has 204 valence electrons. The molecule has 0 fully saturated rings. The third-order valence-corrected chi connectivity index (χ3v) is 6.93. The lowest BCUT2D eigenvalue weighted by molar-refractivity contribution is 0.103. The number of nitrogen functional groups attached to an aromatic ring is 2. The fourth-order valence-corrected chi connectivity index (χ4v) is 4.79. The first-order valence-electron chi connectivity index (χ1n) is 13.6. The molecule has 6 aromatic rings. The third-order valence-electron chi connectivity index (χ3n) is 6.93. The Morgan fingerprint density at radius 2 is 0.810 bits per heavy atom. The van der Waals surface area contributed by atoms with Gasteiger partial charge in [-0.1, -0.05) is 97.1 Å². The monoisotopic (exact) mass is 548 g/mol. The van der Waals surface area contributed by atoms with E-state index in [1.165, 1.54) is 0 Å². The molecule has 5 nitrogen and oxygen atoms in total. The van der Waals surface area contributed by atoms with E-state index in [2.05, 4.69) is 0 Å². The summed E-state index contributed by atoms with van der Waals surface area (Å²) in [4.78, 5) is 13.4. The number of anilines is 2. The number of hydrogen-bond donors (Lipinski definition) is 2. The van der Waals surface area contributed by atoms with Gasteiger partial charge in [0.25, 0.3) is 0 Å². The Bertz CT molecular complexity index is 1730. The number of nitrogens with two attached hydrogens (primary N) is 2. The fraction of sp³-hybridized carbons (Fsp3) is 0. The van der Waals surface area contributed by atoms with E-state index in [1.54, 1.807) is 36.4 Å². The molecule has 0 unspecified atom stereocenters. The lowest BCUT2D eigenvalue weighted by Gasteiger charge is -2.14. The maximum Gasteiger partial charge on any atom is 0.193 e. The Hall–Kier alpha value is -5.81. The quantitative estimate of drug-likeness (QED) is 0.146. The second-order valence-electron chi connectivity index (χ2n) is 9.76. The van der Waals surface area contributed by atoms with Crippen molar-refractivity contribution in [1.82, 2.24) is 0 Å². The van der Waals surface area contributed by atoms with Crippen LogP contribution in [0.4, 0.5) is 11.4 Å². The Morgan fingerprint density at radius 3 is 1.21 bits per heavy atom. The van der Waals surface area contributed by atoms with E-state index in [-0.39, 0.29) is 5.78 Å². The molecule has 42 heavy (non-hydrogen) atoms. The van der Waals surface area contributed by atoms with Gasteiger partial charge in [0, 0.05) is 22.3 Å². The molecule has 0 heterocycles. The van der Waals surface area contributed by atoms with E-state index >= 15 is 0 Å². The summed E-state index contributed by atoms with van der Waals surface area (Å²) >= 11 is 0. The molecule has 0 amide bonds. The summed E-state index contributed by atoms with van der Waals surface area (Å²) in [6, 6.07) is 45.6. The van der Waals surface area contributed by atoms with Crippen molar-refractivity contribution in [2.24, 2.45) is 0 Å². The number of ketones is 1. The predicted molar refractivity (Wildman–Crippen MR) is 169 cm³/mol.